The van der Waals surface area contributed by atoms with Gasteiger partial charge in [0.15, 0.2) is 11.5 Å². The molecule has 1 amide bonds. The van der Waals surface area contributed by atoms with Crippen LogP contribution in [-0.2, 0) is 10.9 Å². The number of hydrogen-bond acceptors (Lipinski definition) is 8. The summed E-state index contributed by atoms with van der Waals surface area (Å²) in [5.41, 5.74) is -0.827. The molecule has 0 atom stereocenters. The Morgan fingerprint density at radius 2 is 1.78 bits per heavy atom. The van der Waals surface area contributed by atoms with Crippen molar-refractivity contribution in [3.05, 3.63) is 54.4 Å². The molecule has 10 nitrogen and oxygen atoms in total. The number of ether oxygens (including phenoxy) is 2. The molecule has 0 saturated carbocycles. The third-order valence-corrected chi connectivity index (χ3v) is 4.60. The third kappa shape index (κ3) is 5.79. The molecule has 0 radical (unpaired) electrons. The monoisotopic (exact) mass is 501 g/mol. The number of alkyl halides is 3. The Morgan fingerprint density at radius 3 is 2.47 bits per heavy atom. The number of pyridine rings is 2. The van der Waals surface area contributed by atoms with Gasteiger partial charge in [-0.3, -0.25) is 5.32 Å². The molecular formula is C23H22F3N7O3. The second kappa shape index (κ2) is 9.32. The first-order chi connectivity index (χ1) is 16.9. The van der Waals surface area contributed by atoms with Gasteiger partial charge >= 0.3 is 12.3 Å². The summed E-state index contributed by atoms with van der Waals surface area (Å²) in [7, 11) is 1.13. The van der Waals surface area contributed by atoms with Crippen molar-refractivity contribution in [2.75, 3.05) is 17.7 Å². The first-order valence-electron chi connectivity index (χ1n) is 10.6. The molecule has 36 heavy (non-hydrogen) atoms. The van der Waals surface area contributed by atoms with E-state index in [1.807, 2.05) is 0 Å². The van der Waals surface area contributed by atoms with Crippen LogP contribution >= 0.6 is 0 Å². The second-order valence-corrected chi connectivity index (χ2v) is 8.58. The lowest BCUT2D eigenvalue weighted by Gasteiger charge is -2.19. The summed E-state index contributed by atoms with van der Waals surface area (Å²) in [6.07, 6.45) is -2.45. The third-order valence-electron chi connectivity index (χ3n) is 4.60. The van der Waals surface area contributed by atoms with E-state index in [4.69, 9.17) is 9.47 Å². The predicted molar refractivity (Wildman–Crippen MR) is 125 cm³/mol. The SMILES string of the molecule is COc1ncc(-c2ccn3nc(Nc4cccc(NC(=O)OC(C)(C)C)n4)cc3n2)cc1C(F)(F)F. The molecule has 2 N–H and O–H groups in total. The molecule has 4 aromatic heterocycles. The number of amides is 1. The van der Waals surface area contributed by atoms with E-state index in [9.17, 15) is 18.0 Å². The maximum Gasteiger partial charge on any atom is 0.421 e. The first kappa shape index (κ1) is 24.7. The molecule has 0 saturated heterocycles. The number of fused-ring (bicyclic) bond motifs is 1. The van der Waals surface area contributed by atoms with Gasteiger partial charge in [-0.1, -0.05) is 6.07 Å². The van der Waals surface area contributed by atoms with E-state index in [2.05, 4.69) is 30.7 Å². The lowest BCUT2D eigenvalue weighted by molar-refractivity contribution is -0.139. The molecule has 0 aliphatic rings. The Hall–Kier alpha value is -4.42. The number of carbonyl (C=O) groups excluding carboxylic acids is 1. The van der Waals surface area contributed by atoms with Crippen LogP contribution in [0.5, 0.6) is 5.88 Å². The predicted octanol–water partition coefficient (Wildman–Crippen LogP) is 5.30. The molecule has 188 valence electrons. The lowest BCUT2D eigenvalue weighted by Crippen LogP contribution is -2.27. The summed E-state index contributed by atoms with van der Waals surface area (Å²) in [5.74, 6) is 0.525. The van der Waals surface area contributed by atoms with Gasteiger partial charge < -0.3 is 14.8 Å². The fourth-order valence-corrected chi connectivity index (χ4v) is 3.17. The molecule has 4 aromatic rings. The zero-order valence-corrected chi connectivity index (χ0v) is 19.7. The van der Waals surface area contributed by atoms with Crippen molar-refractivity contribution in [3.63, 3.8) is 0 Å². The van der Waals surface area contributed by atoms with Crippen LogP contribution in [0, 0.1) is 0 Å². The molecule has 4 rings (SSSR count). The van der Waals surface area contributed by atoms with Crippen molar-refractivity contribution in [1.29, 1.82) is 0 Å². The van der Waals surface area contributed by atoms with Gasteiger partial charge in [0.1, 0.15) is 22.8 Å². The van der Waals surface area contributed by atoms with E-state index in [1.165, 1.54) is 16.8 Å². The van der Waals surface area contributed by atoms with Gasteiger partial charge in [-0.25, -0.2) is 24.3 Å². The maximum atomic E-state index is 13.4. The van der Waals surface area contributed by atoms with E-state index < -0.39 is 29.3 Å². The first-order valence-corrected chi connectivity index (χ1v) is 10.6. The number of aromatic nitrogens is 5. The van der Waals surface area contributed by atoms with Crippen LogP contribution in [-0.4, -0.2) is 43.4 Å². The van der Waals surface area contributed by atoms with Crippen molar-refractivity contribution >= 4 is 29.2 Å². The molecule has 0 fully saturated rings. The van der Waals surface area contributed by atoms with Crippen LogP contribution in [0.25, 0.3) is 16.9 Å². The fourth-order valence-electron chi connectivity index (χ4n) is 3.17. The summed E-state index contributed by atoms with van der Waals surface area (Å²) >= 11 is 0. The van der Waals surface area contributed by atoms with Gasteiger partial charge in [-0.2, -0.15) is 13.2 Å². The van der Waals surface area contributed by atoms with Gasteiger partial charge in [0.25, 0.3) is 0 Å². The standard InChI is InChI=1S/C23H22F3N7O3/c1-22(2,3)36-21(34)31-17-7-5-6-16(29-17)30-18-11-19-28-15(8-9-33(19)32-18)13-10-14(23(24,25)26)20(35-4)27-12-13/h5-12H,1-4H3,(H2,29,30,31,32,34). The Bertz CT molecular complexity index is 1410. The van der Waals surface area contributed by atoms with Crippen LogP contribution in [0.15, 0.2) is 48.8 Å². The number of carbonyl (C=O) groups is 1. The number of nitrogens with zero attached hydrogens (tertiary/aromatic N) is 5. The highest BCUT2D eigenvalue weighted by Crippen LogP contribution is 2.37. The van der Waals surface area contributed by atoms with Gasteiger partial charge in [-0.15, -0.1) is 5.10 Å². The van der Waals surface area contributed by atoms with Crippen molar-refractivity contribution in [2.45, 2.75) is 32.5 Å². The largest absolute Gasteiger partial charge is 0.481 e. The molecule has 0 aliphatic heterocycles. The van der Waals surface area contributed by atoms with E-state index in [0.29, 0.717) is 17.3 Å². The quantitative estimate of drug-likeness (QED) is 0.378. The average molecular weight is 501 g/mol. The maximum absolute atomic E-state index is 13.4. The van der Waals surface area contributed by atoms with E-state index in [0.717, 1.165) is 13.2 Å². The van der Waals surface area contributed by atoms with Crippen LogP contribution in [0.1, 0.15) is 26.3 Å². The highest BCUT2D eigenvalue weighted by molar-refractivity contribution is 5.84. The van der Waals surface area contributed by atoms with Crippen molar-refractivity contribution in [2.24, 2.45) is 0 Å². The lowest BCUT2D eigenvalue weighted by atomic mass is 10.1. The molecule has 0 aliphatic carbocycles. The normalized spacial score (nSPS) is 11.9. The van der Waals surface area contributed by atoms with Crippen molar-refractivity contribution < 1.29 is 27.4 Å². The molecule has 0 aromatic carbocycles. The summed E-state index contributed by atoms with van der Waals surface area (Å²) < 4.78 is 51.5. The highest BCUT2D eigenvalue weighted by Gasteiger charge is 2.35. The summed E-state index contributed by atoms with van der Waals surface area (Å²) in [5, 5.41) is 9.90. The van der Waals surface area contributed by atoms with Crippen molar-refractivity contribution in [3.8, 4) is 17.1 Å². The summed E-state index contributed by atoms with van der Waals surface area (Å²) in [4.78, 5) is 24.4. The van der Waals surface area contributed by atoms with Gasteiger partial charge in [0.2, 0.25) is 5.88 Å². The molecule has 13 heteroatoms. The number of rotatable bonds is 5. The smallest absolute Gasteiger partial charge is 0.421 e. The molecule has 0 unspecified atom stereocenters. The highest BCUT2D eigenvalue weighted by atomic mass is 19.4. The zero-order valence-electron chi connectivity index (χ0n) is 19.7. The van der Waals surface area contributed by atoms with Crippen LogP contribution < -0.4 is 15.4 Å². The van der Waals surface area contributed by atoms with Gasteiger partial charge in [0, 0.05) is 24.0 Å². The number of nitrogens with one attached hydrogen (secondary N) is 2. The number of anilines is 3. The summed E-state index contributed by atoms with van der Waals surface area (Å²) in [6, 6.07) is 9.02. The van der Waals surface area contributed by atoms with E-state index in [-0.39, 0.29) is 17.1 Å². The van der Waals surface area contributed by atoms with Crippen molar-refractivity contribution in [1.82, 2.24) is 24.6 Å². The van der Waals surface area contributed by atoms with E-state index in [1.54, 1.807) is 51.2 Å². The second-order valence-electron chi connectivity index (χ2n) is 8.58. The molecule has 0 bridgehead atoms. The summed E-state index contributed by atoms with van der Waals surface area (Å²) in [6.45, 7) is 5.25. The van der Waals surface area contributed by atoms with Gasteiger partial charge in [-0.05, 0) is 45.0 Å². The fraction of sp³-hybridized carbons (Fsp3) is 0.261. The minimum atomic E-state index is -4.63. The average Bonchev–Trinajstić information content (AvgIpc) is 3.18. The minimum absolute atomic E-state index is 0.170. The van der Waals surface area contributed by atoms with Crippen LogP contribution in [0.4, 0.5) is 35.4 Å². The zero-order chi connectivity index (χ0) is 26.1. The van der Waals surface area contributed by atoms with Crippen LogP contribution in [0.3, 0.4) is 0 Å². The van der Waals surface area contributed by atoms with Gasteiger partial charge in [0.05, 0.1) is 12.8 Å². The topological polar surface area (TPSA) is 116 Å². The molecular weight excluding hydrogens is 479 g/mol. The Morgan fingerprint density at radius 1 is 1.03 bits per heavy atom. The number of hydrogen-bond donors (Lipinski definition) is 2. The van der Waals surface area contributed by atoms with Crippen LogP contribution in [0.2, 0.25) is 0 Å². The molecule has 0 spiro atoms. The molecule has 4 heterocycles. The minimum Gasteiger partial charge on any atom is -0.481 e. The Labute approximate surface area is 203 Å². The Kier molecular flexibility index (Phi) is 6.39. The number of halogens is 3. The number of methoxy groups -OCH3 is 1. The van der Waals surface area contributed by atoms with E-state index >= 15 is 0 Å². The Balaban J connectivity index is 1.55.